The molecular formula is C13H16BrNO4. The normalized spacial score (nSPS) is 22.2. The summed E-state index contributed by atoms with van der Waals surface area (Å²) in [5, 5.41) is 12.6. The number of hydrogen-bond acceptors (Lipinski definition) is 4. The Morgan fingerprint density at radius 1 is 1.47 bits per heavy atom. The van der Waals surface area contributed by atoms with Crippen molar-refractivity contribution in [3.63, 3.8) is 0 Å². The van der Waals surface area contributed by atoms with E-state index in [0.29, 0.717) is 18.8 Å². The van der Waals surface area contributed by atoms with Gasteiger partial charge in [0.2, 0.25) is 0 Å². The second-order valence-corrected chi connectivity index (χ2v) is 5.46. The highest BCUT2D eigenvalue weighted by molar-refractivity contribution is 9.10. The maximum Gasteiger partial charge on any atom is 0.258 e. The molecule has 1 aromatic rings. The Hall–Kier alpha value is -1.11. The Morgan fingerprint density at radius 3 is 2.84 bits per heavy atom. The van der Waals surface area contributed by atoms with Crippen LogP contribution in [-0.2, 0) is 9.53 Å². The summed E-state index contributed by atoms with van der Waals surface area (Å²) in [6, 6.07) is 7.23. The quantitative estimate of drug-likeness (QED) is 0.848. The number of rotatable bonds is 5. The Morgan fingerprint density at radius 2 is 2.21 bits per heavy atom. The van der Waals surface area contributed by atoms with Crippen LogP contribution in [-0.4, -0.2) is 43.0 Å². The average molecular weight is 330 g/mol. The van der Waals surface area contributed by atoms with Crippen molar-refractivity contribution in [2.45, 2.75) is 12.0 Å². The fourth-order valence-electron chi connectivity index (χ4n) is 1.73. The van der Waals surface area contributed by atoms with Gasteiger partial charge >= 0.3 is 0 Å². The number of carbonyl (C=O) groups is 1. The number of hydrogen-bond donors (Lipinski definition) is 2. The van der Waals surface area contributed by atoms with Crippen molar-refractivity contribution < 1.29 is 19.4 Å². The fourth-order valence-corrected chi connectivity index (χ4v) is 1.99. The molecule has 1 amide bonds. The largest absolute Gasteiger partial charge is 0.484 e. The smallest absolute Gasteiger partial charge is 0.258 e. The van der Waals surface area contributed by atoms with Crippen LogP contribution in [0.1, 0.15) is 6.42 Å². The summed E-state index contributed by atoms with van der Waals surface area (Å²) in [5.41, 5.74) is -0.937. The minimum atomic E-state index is -0.937. The SMILES string of the molecule is O=C(COc1ccc(Br)cc1)NCC1(O)CCOC1. The van der Waals surface area contributed by atoms with Crippen LogP contribution < -0.4 is 10.1 Å². The third-order valence-corrected chi connectivity index (χ3v) is 3.41. The molecule has 1 fully saturated rings. The van der Waals surface area contributed by atoms with E-state index in [1.54, 1.807) is 12.1 Å². The predicted octanol–water partition coefficient (Wildman–Crippen LogP) is 1.10. The molecule has 0 radical (unpaired) electrons. The number of ether oxygens (including phenoxy) is 2. The van der Waals surface area contributed by atoms with Gasteiger partial charge in [-0.15, -0.1) is 0 Å². The molecule has 1 aliphatic heterocycles. The summed E-state index contributed by atoms with van der Waals surface area (Å²) in [6.45, 7) is 0.913. The topological polar surface area (TPSA) is 67.8 Å². The van der Waals surface area contributed by atoms with Crippen molar-refractivity contribution >= 4 is 21.8 Å². The first-order valence-corrected chi connectivity index (χ1v) is 6.82. The van der Waals surface area contributed by atoms with Crippen molar-refractivity contribution in [3.8, 4) is 5.75 Å². The van der Waals surface area contributed by atoms with Gasteiger partial charge in [-0.3, -0.25) is 4.79 Å². The molecule has 1 unspecified atom stereocenters. The molecule has 1 atom stereocenters. The number of aliphatic hydroxyl groups is 1. The van der Waals surface area contributed by atoms with Crippen LogP contribution in [0.3, 0.4) is 0 Å². The Balaban J connectivity index is 1.71. The Bertz CT molecular complexity index is 429. The van der Waals surface area contributed by atoms with Gasteiger partial charge in [0, 0.05) is 24.0 Å². The molecular weight excluding hydrogens is 314 g/mol. The maximum atomic E-state index is 11.6. The van der Waals surface area contributed by atoms with Crippen molar-refractivity contribution in [2.24, 2.45) is 0 Å². The number of amides is 1. The van der Waals surface area contributed by atoms with Gasteiger partial charge in [-0.2, -0.15) is 0 Å². The summed E-state index contributed by atoms with van der Waals surface area (Å²) < 4.78 is 11.4. The van der Waals surface area contributed by atoms with Gasteiger partial charge < -0.3 is 19.9 Å². The molecule has 0 aliphatic carbocycles. The number of carbonyl (C=O) groups excluding carboxylic acids is 1. The molecule has 0 bridgehead atoms. The molecule has 5 nitrogen and oxygen atoms in total. The van der Waals surface area contributed by atoms with Gasteiger partial charge in [-0.1, -0.05) is 15.9 Å². The van der Waals surface area contributed by atoms with Crippen LogP contribution in [0, 0.1) is 0 Å². The van der Waals surface area contributed by atoms with Crippen LogP contribution in [0.5, 0.6) is 5.75 Å². The van der Waals surface area contributed by atoms with E-state index in [2.05, 4.69) is 21.2 Å². The summed E-state index contributed by atoms with van der Waals surface area (Å²) in [6.07, 6.45) is 0.543. The number of halogens is 1. The van der Waals surface area contributed by atoms with Gasteiger partial charge in [0.05, 0.1) is 6.61 Å². The van der Waals surface area contributed by atoms with Gasteiger partial charge in [-0.25, -0.2) is 0 Å². The van der Waals surface area contributed by atoms with Crippen molar-refractivity contribution in [1.29, 1.82) is 0 Å². The molecule has 2 N–H and O–H groups in total. The lowest BCUT2D eigenvalue weighted by molar-refractivity contribution is -0.124. The molecule has 0 saturated carbocycles. The second kappa shape index (κ2) is 6.36. The monoisotopic (exact) mass is 329 g/mol. The third-order valence-electron chi connectivity index (χ3n) is 2.88. The molecule has 104 valence electrons. The molecule has 2 rings (SSSR count). The maximum absolute atomic E-state index is 11.6. The number of benzene rings is 1. The highest BCUT2D eigenvalue weighted by Gasteiger charge is 2.32. The molecule has 0 aromatic heterocycles. The average Bonchev–Trinajstić information content (AvgIpc) is 2.83. The zero-order chi connectivity index (χ0) is 13.7. The molecule has 1 heterocycles. The zero-order valence-electron chi connectivity index (χ0n) is 10.4. The van der Waals surface area contributed by atoms with Crippen LogP contribution in [0.4, 0.5) is 0 Å². The van der Waals surface area contributed by atoms with Crippen molar-refractivity contribution in [1.82, 2.24) is 5.32 Å². The molecule has 0 spiro atoms. The highest BCUT2D eigenvalue weighted by atomic mass is 79.9. The van der Waals surface area contributed by atoms with Gasteiger partial charge in [-0.05, 0) is 24.3 Å². The van der Waals surface area contributed by atoms with E-state index < -0.39 is 5.60 Å². The standard InChI is InChI=1S/C13H16BrNO4/c14-10-1-3-11(4-2-10)19-7-12(16)15-8-13(17)5-6-18-9-13/h1-4,17H,5-9H2,(H,15,16). The van der Waals surface area contributed by atoms with E-state index >= 15 is 0 Å². The molecule has 1 aliphatic rings. The fraction of sp³-hybridized carbons (Fsp3) is 0.462. The minimum Gasteiger partial charge on any atom is -0.484 e. The molecule has 1 saturated heterocycles. The van der Waals surface area contributed by atoms with Crippen LogP contribution in [0.25, 0.3) is 0 Å². The summed E-state index contributed by atoms with van der Waals surface area (Å²) in [4.78, 5) is 11.6. The van der Waals surface area contributed by atoms with E-state index in [1.807, 2.05) is 12.1 Å². The minimum absolute atomic E-state index is 0.0709. The van der Waals surface area contributed by atoms with E-state index in [4.69, 9.17) is 9.47 Å². The van der Waals surface area contributed by atoms with Crippen LogP contribution >= 0.6 is 15.9 Å². The van der Waals surface area contributed by atoms with Gasteiger partial charge in [0.25, 0.3) is 5.91 Å². The first-order chi connectivity index (χ1) is 9.07. The van der Waals surface area contributed by atoms with Crippen LogP contribution in [0.15, 0.2) is 28.7 Å². The lowest BCUT2D eigenvalue weighted by atomic mass is 10.0. The zero-order valence-corrected chi connectivity index (χ0v) is 12.0. The van der Waals surface area contributed by atoms with Gasteiger partial charge in [0.15, 0.2) is 6.61 Å². The van der Waals surface area contributed by atoms with E-state index in [0.717, 1.165) is 4.47 Å². The summed E-state index contributed by atoms with van der Waals surface area (Å²) in [5.74, 6) is 0.365. The lowest BCUT2D eigenvalue weighted by Gasteiger charge is -2.20. The van der Waals surface area contributed by atoms with Crippen molar-refractivity contribution in [2.75, 3.05) is 26.4 Å². The Labute approximate surface area is 120 Å². The van der Waals surface area contributed by atoms with Crippen molar-refractivity contribution in [3.05, 3.63) is 28.7 Å². The number of nitrogens with one attached hydrogen (secondary N) is 1. The first kappa shape index (κ1) is 14.3. The molecule has 1 aromatic carbocycles. The van der Waals surface area contributed by atoms with E-state index in [1.165, 1.54) is 0 Å². The summed E-state index contributed by atoms with van der Waals surface area (Å²) >= 11 is 3.32. The highest BCUT2D eigenvalue weighted by Crippen LogP contribution is 2.17. The van der Waals surface area contributed by atoms with Gasteiger partial charge in [0.1, 0.15) is 11.4 Å². The lowest BCUT2D eigenvalue weighted by Crippen LogP contribution is -2.44. The third kappa shape index (κ3) is 4.49. The van der Waals surface area contributed by atoms with E-state index in [-0.39, 0.29) is 25.7 Å². The summed E-state index contributed by atoms with van der Waals surface area (Å²) in [7, 11) is 0. The van der Waals surface area contributed by atoms with E-state index in [9.17, 15) is 9.90 Å². The second-order valence-electron chi connectivity index (χ2n) is 4.55. The molecule has 19 heavy (non-hydrogen) atoms. The van der Waals surface area contributed by atoms with Crippen LogP contribution in [0.2, 0.25) is 0 Å². The Kier molecular flexibility index (Phi) is 4.79. The first-order valence-electron chi connectivity index (χ1n) is 6.03. The predicted molar refractivity (Wildman–Crippen MR) is 73.0 cm³/mol. The molecule has 6 heteroatoms.